The molecule has 2 rings (SSSR count). The molecule has 4 nitrogen and oxygen atoms in total. The molecule has 1 atom stereocenters. The van der Waals surface area contributed by atoms with Crippen LogP contribution in [0, 0.1) is 5.82 Å². The van der Waals surface area contributed by atoms with Gasteiger partial charge in [0.15, 0.2) is 11.6 Å². The molecule has 0 fully saturated rings. The van der Waals surface area contributed by atoms with E-state index < -0.39 is 0 Å². The van der Waals surface area contributed by atoms with Crippen LogP contribution in [-0.2, 0) is 6.54 Å². The fourth-order valence-corrected chi connectivity index (χ4v) is 2.33. The van der Waals surface area contributed by atoms with Crippen LogP contribution >= 0.6 is 0 Å². The van der Waals surface area contributed by atoms with Gasteiger partial charge in [0.2, 0.25) is 0 Å². The van der Waals surface area contributed by atoms with E-state index in [0.717, 1.165) is 24.2 Å². The smallest absolute Gasteiger partial charge is 0.165 e. The fourth-order valence-electron chi connectivity index (χ4n) is 2.33. The standard InChI is InChI=1S/C15H20FN3O/c1-4-9-19-13(7-8-18-19)15(17-2)11-5-6-12(16)14(10-11)20-3/h5-8,10,15,17H,4,9H2,1-3H3. The normalized spacial score (nSPS) is 12.4. The van der Waals surface area contributed by atoms with Crippen LogP contribution < -0.4 is 10.1 Å². The summed E-state index contributed by atoms with van der Waals surface area (Å²) in [6.45, 7) is 2.97. The molecule has 1 heterocycles. The van der Waals surface area contributed by atoms with Crippen LogP contribution in [0.2, 0.25) is 0 Å². The summed E-state index contributed by atoms with van der Waals surface area (Å²) in [7, 11) is 3.35. The zero-order valence-corrected chi connectivity index (χ0v) is 12.1. The number of methoxy groups -OCH3 is 1. The molecule has 0 saturated carbocycles. The summed E-state index contributed by atoms with van der Waals surface area (Å²) in [4.78, 5) is 0. The lowest BCUT2D eigenvalue weighted by atomic mass is 10.0. The molecule has 5 heteroatoms. The molecule has 1 aromatic carbocycles. The number of nitrogens with one attached hydrogen (secondary N) is 1. The Labute approximate surface area is 118 Å². The Bertz CT molecular complexity index is 568. The second-order valence-electron chi connectivity index (χ2n) is 4.59. The molecule has 1 unspecified atom stereocenters. The average Bonchev–Trinajstić information content (AvgIpc) is 2.90. The third-order valence-electron chi connectivity index (χ3n) is 3.28. The Morgan fingerprint density at radius 3 is 2.85 bits per heavy atom. The summed E-state index contributed by atoms with van der Waals surface area (Å²) in [6.07, 6.45) is 2.80. The Balaban J connectivity index is 2.39. The van der Waals surface area contributed by atoms with Gasteiger partial charge in [0, 0.05) is 12.7 Å². The van der Waals surface area contributed by atoms with Gasteiger partial charge in [-0.15, -0.1) is 0 Å². The van der Waals surface area contributed by atoms with Gasteiger partial charge in [-0.25, -0.2) is 4.39 Å². The number of rotatable bonds is 6. The van der Waals surface area contributed by atoms with Gasteiger partial charge in [0.05, 0.1) is 18.8 Å². The predicted octanol–water partition coefficient (Wildman–Crippen LogP) is 2.75. The van der Waals surface area contributed by atoms with E-state index in [0.29, 0.717) is 0 Å². The summed E-state index contributed by atoms with van der Waals surface area (Å²) >= 11 is 0. The van der Waals surface area contributed by atoms with E-state index in [4.69, 9.17) is 4.74 Å². The molecular weight excluding hydrogens is 257 g/mol. The van der Waals surface area contributed by atoms with Crippen LogP contribution in [0.4, 0.5) is 4.39 Å². The third kappa shape index (κ3) is 2.82. The minimum absolute atomic E-state index is 0.0430. The monoisotopic (exact) mass is 277 g/mol. The van der Waals surface area contributed by atoms with E-state index in [1.807, 2.05) is 17.8 Å². The van der Waals surface area contributed by atoms with E-state index in [1.54, 1.807) is 18.3 Å². The first-order valence-electron chi connectivity index (χ1n) is 6.73. The molecule has 108 valence electrons. The van der Waals surface area contributed by atoms with Gasteiger partial charge in [-0.3, -0.25) is 4.68 Å². The van der Waals surface area contributed by atoms with Crippen LogP contribution in [0.25, 0.3) is 0 Å². The Kier molecular flexibility index (Phi) is 4.74. The van der Waals surface area contributed by atoms with E-state index >= 15 is 0 Å². The summed E-state index contributed by atoms with van der Waals surface area (Å²) < 4.78 is 20.5. The molecule has 0 saturated heterocycles. The highest BCUT2D eigenvalue weighted by atomic mass is 19.1. The SMILES string of the molecule is CCCn1nccc1C(NC)c1ccc(F)c(OC)c1. The molecule has 1 N–H and O–H groups in total. The third-order valence-corrected chi connectivity index (χ3v) is 3.28. The zero-order chi connectivity index (χ0) is 14.5. The average molecular weight is 277 g/mol. The summed E-state index contributed by atoms with van der Waals surface area (Å²) in [5.41, 5.74) is 2.01. The van der Waals surface area contributed by atoms with Crippen molar-refractivity contribution < 1.29 is 9.13 Å². The first-order chi connectivity index (χ1) is 9.71. The number of hydrogen-bond donors (Lipinski definition) is 1. The minimum atomic E-state index is -0.354. The van der Waals surface area contributed by atoms with Crippen molar-refractivity contribution in [1.29, 1.82) is 0 Å². The van der Waals surface area contributed by atoms with Crippen molar-refractivity contribution in [3.05, 3.63) is 47.5 Å². The van der Waals surface area contributed by atoms with E-state index in [1.165, 1.54) is 13.2 Å². The van der Waals surface area contributed by atoms with Gasteiger partial charge in [-0.05, 0) is 37.2 Å². The highest BCUT2D eigenvalue weighted by Crippen LogP contribution is 2.26. The number of hydrogen-bond acceptors (Lipinski definition) is 3. The number of benzene rings is 1. The molecule has 0 aliphatic rings. The topological polar surface area (TPSA) is 39.1 Å². The predicted molar refractivity (Wildman–Crippen MR) is 76.4 cm³/mol. The van der Waals surface area contributed by atoms with Crippen molar-refractivity contribution in [2.75, 3.05) is 14.2 Å². The van der Waals surface area contributed by atoms with Crippen molar-refractivity contribution in [3.8, 4) is 5.75 Å². The minimum Gasteiger partial charge on any atom is -0.494 e. The number of aromatic nitrogens is 2. The summed E-state index contributed by atoms with van der Waals surface area (Å²) in [5.74, 6) is -0.0996. The highest BCUT2D eigenvalue weighted by Gasteiger charge is 2.18. The van der Waals surface area contributed by atoms with Gasteiger partial charge >= 0.3 is 0 Å². The highest BCUT2D eigenvalue weighted by molar-refractivity contribution is 5.35. The molecule has 0 radical (unpaired) electrons. The first kappa shape index (κ1) is 14.5. The lowest BCUT2D eigenvalue weighted by Crippen LogP contribution is -2.21. The second-order valence-corrected chi connectivity index (χ2v) is 4.59. The molecule has 0 aliphatic heterocycles. The van der Waals surface area contributed by atoms with Crippen LogP contribution in [0.1, 0.15) is 30.6 Å². The van der Waals surface area contributed by atoms with Gasteiger partial charge in [0.1, 0.15) is 0 Å². The zero-order valence-electron chi connectivity index (χ0n) is 12.1. The van der Waals surface area contributed by atoms with Crippen molar-refractivity contribution in [1.82, 2.24) is 15.1 Å². The second kappa shape index (κ2) is 6.52. The molecule has 0 bridgehead atoms. The maximum Gasteiger partial charge on any atom is 0.165 e. The molecule has 0 amide bonds. The number of ether oxygens (including phenoxy) is 1. The van der Waals surface area contributed by atoms with Crippen molar-refractivity contribution >= 4 is 0 Å². The molecule has 1 aromatic heterocycles. The van der Waals surface area contributed by atoms with Crippen molar-refractivity contribution in [2.24, 2.45) is 0 Å². The van der Waals surface area contributed by atoms with E-state index in [2.05, 4.69) is 17.3 Å². The summed E-state index contributed by atoms with van der Waals surface area (Å²) in [6, 6.07) is 6.85. The maximum atomic E-state index is 13.5. The van der Waals surface area contributed by atoms with Crippen LogP contribution in [0.5, 0.6) is 5.75 Å². The molecule has 0 spiro atoms. The number of halogens is 1. The Morgan fingerprint density at radius 1 is 1.40 bits per heavy atom. The fraction of sp³-hybridized carbons (Fsp3) is 0.400. The largest absolute Gasteiger partial charge is 0.494 e. The Hall–Kier alpha value is -1.88. The number of nitrogens with zero attached hydrogens (tertiary/aromatic N) is 2. The van der Waals surface area contributed by atoms with Crippen molar-refractivity contribution in [3.63, 3.8) is 0 Å². The van der Waals surface area contributed by atoms with E-state index in [9.17, 15) is 4.39 Å². The Morgan fingerprint density at radius 2 is 2.20 bits per heavy atom. The van der Waals surface area contributed by atoms with Crippen LogP contribution in [0.15, 0.2) is 30.5 Å². The van der Waals surface area contributed by atoms with Gasteiger partial charge in [0.25, 0.3) is 0 Å². The van der Waals surface area contributed by atoms with Gasteiger partial charge in [-0.1, -0.05) is 13.0 Å². The number of aryl methyl sites for hydroxylation is 1. The molecule has 2 aromatic rings. The van der Waals surface area contributed by atoms with Crippen LogP contribution in [-0.4, -0.2) is 23.9 Å². The lowest BCUT2D eigenvalue weighted by molar-refractivity contribution is 0.385. The quantitative estimate of drug-likeness (QED) is 0.882. The molecular formula is C15H20FN3O. The molecule has 0 aliphatic carbocycles. The van der Waals surface area contributed by atoms with E-state index in [-0.39, 0.29) is 17.6 Å². The first-order valence-corrected chi connectivity index (χ1v) is 6.73. The van der Waals surface area contributed by atoms with Gasteiger partial charge in [-0.2, -0.15) is 5.10 Å². The lowest BCUT2D eigenvalue weighted by Gasteiger charge is -2.19. The summed E-state index contributed by atoms with van der Waals surface area (Å²) in [5, 5.41) is 7.58. The molecule has 20 heavy (non-hydrogen) atoms. The van der Waals surface area contributed by atoms with Crippen LogP contribution in [0.3, 0.4) is 0 Å². The van der Waals surface area contributed by atoms with Crippen molar-refractivity contribution in [2.45, 2.75) is 25.9 Å². The maximum absolute atomic E-state index is 13.5. The van der Waals surface area contributed by atoms with Gasteiger partial charge < -0.3 is 10.1 Å².